The topological polar surface area (TPSA) is 47.0 Å². The van der Waals surface area contributed by atoms with Gasteiger partial charge in [-0.2, -0.15) is 0 Å². The van der Waals surface area contributed by atoms with Crippen LogP contribution < -0.4 is 10.3 Å². The maximum atomic E-state index is 12.0. The number of nitrogens with one attached hydrogen (secondary N) is 1. The first-order valence-electron chi connectivity index (χ1n) is 4.51. The molecule has 0 fully saturated rings. The summed E-state index contributed by atoms with van der Waals surface area (Å²) in [5, 5.41) is 0.537. The van der Waals surface area contributed by atoms with Crippen LogP contribution in [0.2, 0.25) is 0 Å². The highest BCUT2D eigenvalue weighted by molar-refractivity contribution is 9.10. The number of H-pyrrole nitrogens is 1. The molecule has 1 heterocycles. The van der Waals surface area contributed by atoms with Crippen LogP contribution in [0.5, 0.6) is 5.75 Å². The normalized spacial score (nSPS) is 10.7. The van der Waals surface area contributed by atoms with E-state index in [0.717, 1.165) is 4.47 Å². The van der Waals surface area contributed by atoms with Crippen LogP contribution in [0.15, 0.2) is 21.4 Å². The van der Waals surface area contributed by atoms with Crippen LogP contribution in [0.4, 0.5) is 0 Å². The van der Waals surface area contributed by atoms with Crippen molar-refractivity contribution in [3.63, 3.8) is 0 Å². The molecule has 4 nitrogen and oxygen atoms in total. The van der Waals surface area contributed by atoms with Crippen LogP contribution in [0.3, 0.4) is 0 Å². The predicted molar refractivity (Wildman–Crippen MR) is 68.6 cm³/mol. The Hall–Kier alpha value is -1.14. The van der Waals surface area contributed by atoms with Crippen LogP contribution in [0, 0.1) is 4.77 Å². The largest absolute Gasteiger partial charge is 0.495 e. The van der Waals surface area contributed by atoms with Crippen LogP contribution in [-0.2, 0) is 7.05 Å². The number of halogens is 1. The molecule has 6 heteroatoms. The minimum absolute atomic E-state index is 0.149. The average molecular weight is 301 g/mol. The summed E-state index contributed by atoms with van der Waals surface area (Å²) >= 11 is 8.40. The molecule has 2 rings (SSSR count). The van der Waals surface area contributed by atoms with Gasteiger partial charge in [0.15, 0.2) is 4.77 Å². The molecule has 0 saturated heterocycles. The summed E-state index contributed by atoms with van der Waals surface area (Å²) in [6, 6.07) is 3.55. The van der Waals surface area contributed by atoms with Crippen molar-refractivity contribution in [3.8, 4) is 5.75 Å². The molecule has 0 atom stereocenters. The van der Waals surface area contributed by atoms with Crippen molar-refractivity contribution in [1.29, 1.82) is 0 Å². The standard InChI is InChI=1S/C10H9BrN2O2S/c1-13-9(14)7-5(11)3-4-6(15-2)8(7)12-10(13)16/h3-4H,1-2H3,(H,12,16). The van der Waals surface area contributed by atoms with Crippen molar-refractivity contribution < 1.29 is 4.74 Å². The van der Waals surface area contributed by atoms with Gasteiger partial charge >= 0.3 is 0 Å². The van der Waals surface area contributed by atoms with Crippen molar-refractivity contribution in [3.05, 3.63) is 31.7 Å². The maximum Gasteiger partial charge on any atom is 0.263 e. The fourth-order valence-corrected chi connectivity index (χ4v) is 2.20. The number of aromatic amines is 1. The van der Waals surface area contributed by atoms with Gasteiger partial charge in [0, 0.05) is 11.5 Å². The van der Waals surface area contributed by atoms with Gasteiger partial charge < -0.3 is 9.72 Å². The first-order chi connectivity index (χ1) is 7.56. The van der Waals surface area contributed by atoms with Gasteiger partial charge in [-0.3, -0.25) is 9.36 Å². The molecule has 0 aliphatic carbocycles. The van der Waals surface area contributed by atoms with E-state index in [1.807, 2.05) is 0 Å². The van der Waals surface area contributed by atoms with E-state index in [9.17, 15) is 4.79 Å². The number of nitrogens with zero attached hydrogens (tertiary/aromatic N) is 1. The van der Waals surface area contributed by atoms with Crippen molar-refractivity contribution in [1.82, 2.24) is 9.55 Å². The lowest BCUT2D eigenvalue weighted by molar-refractivity contribution is 0.418. The number of hydrogen-bond donors (Lipinski definition) is 1. The molecule has 2 aromatic rings. The van der Waals surface area contributed by atoms with Crippen LogP contribution in [-0.4, -0.2) is 16.7 Å². The number of ether oxygens (including phenoxy) is 1. The first kappa shape index (κ1) is 11.3. The SMILES string of the molecule is COc1ccc(Br)c2c(=O)n(C)c(=S)[nH]c12. The number of fused-ring (bicyclic) bond motifs is 1. The summed E-state index contributed by atoms with van der Waals surface area (Å²) in [5.41, 5.74) is 0.467. The van der Waals surface area contributed by atoms with Gasteiger partial charge in [-0.15, -0.1) is 0 Å². The van der Waals surface area contributed by atoms with Crippen LogP contribution in [0.1, 0.15) is 0 Å². The summed E-state index contributed by atoms with van der Waals surface area (Å²) in [4.78, 5) is 15.0. The lowest BCUT2D eigenvalue weighted by Crippen LogP contribution is -2.19. The van der Waals surface area contributed by atoms with E-state index in [4.69, 9.17) is 17.0 Å². The Morgan fingerprint density at radius 1 is 1.50 bits per heavy atom. The molecule has 84 valence electrons. The molecule has 1 N–H and O–H groups in total. The molecule has 0 radical (unpaired) electrons. The highest BCUT2D eigenvalue weighted by Crippen LogP contribution is 2.27. The van der Waals surface area contributed by atoms with Crippen LogP contribution in [0.25, 0.3) is 10.9 Å². The number of aromatic nitrogens is 2. The van der Waals surface area contributed by atoms with Crippen LogP contribution >= 0.6 is 28.1 Å². The Balaban J connectivity index is 3.11. The smallest absolute Gasteiger partial charge is 0.263 e. The molecule has 0 aliphatic rings. The van der Waals surface area contributed by atoms with Crippen molar-refractivity contribution in [2.45, 2.75) is 0 Å². The second-order valence-corrected chi connectivity index (χ2v) is 4.54. The molecular weight excluding hydrogens is 292 g/mol. The van der Waals surface area contributed by atoms with Gasteiger partial charge in [-0.25, -0.2) is 0 Å². The average Bonchev–Trinajstić information content (AvgIpc) is 2.26. The summed E-state index contributed by atoms with van der Waals surface area (Å²) < 4.78 is 7.66. The molecule has 0 bridgehead atoms. The number of benzene rings is 1. The van der Waals surface area contributed by atoms with E-state index in [0.29, 0.717) is 21.4 Å². The minimum Gasteiger partial charge on any atom is -0.495 e. The summed E-state index contributed by atoms with van der Waals surface area (Å²) in [6.07, 6.45) is 0. The van der Waals surface area contributed by atoms with E-state index < -0.39 is 0 Å². The first-order valence-corrected chi connectivity index (χ1v) is 5.72. The zero-order valence-electron chi connectivity index (χ0n) is 8.70. The van der Waals surface area contributed by atoms with Gasteiger partial charge in [0.05, 0.1) is 18.0 Å². The van der Waals surface area contributed by atoms with Gasteiger partial charge in [-0.1, -0.05) is 0 Å². The molecule has 16 heavy (non-hydrogen) atoms. The van der Waals surface area contributed by atoms with E-state index in [1.165, 1.54) is 4.57 Å². The third kappa shape index (κ3) is 1.58. The van der Waals surface area contributed by atoms with E-state index in [-0.39, 0.29) is 5.56 Å². The summed E-state index contributed by atoms with van der Waals surface area (Å²) in [6.45, 7) is 0. The molecule has 0 amide bonds. The Labute approximate surface area is 105 Å². The highest BCUT2D eigenvalue weighted by Gasteiger charge is 2.10. The maximum absolute atomic E-state index is 12.0. The minimum atomic E-state index is -0.149. The van der Waals surface area contributed by atoms with Gasteiger partial charge in [-0.05, 0) is 40.3 Å². The van der Waals surface area contributed by atoms with E-state index in [2.05, 4.69) is 20.9 Å². The predicted octanol–water partition coefficient (Wildman–Crippen LogP) is 2.37. The van der Waals surface area contributed by atoms with Crippen molar-refractivity contribution in [2.24, 2.45) is 7.05 Å². The lowest BCUT2D eigenvalue weighted by Gasteiger charge is -2.08. The summed E-state index contributed by atoms with van der Waals surface area (Å²) in [7, 11) is 3.18. The Morgan fingerprint density at radius 3 is 2.81 bits per heavy atom. The molecular formula is C10H9BrN2O2S. The zero-order valence-corrected chi connectivity index (χ0v) is 11.1. The second-order valence-electron chi connectivity index (χ2n) is 3.29. The Bertz CT molecular complexity index is 675. The zero-order chi connectivity index (χ0) is 11.9. The molecule has 0 spiro atoms. The highest BCUT2D eigenvalue weighted by atomic mass is 79.9. The number of hydrogen-bond acceptors (Lipinski definition) is 3. The Kier molecular flexibility index (Phi) is 2.86. The van der Waals surface area contributed by atoms with E-state index >= 15 is 0 Å². The molecule has 0 aliphatic heterocycles. The van der Waals surface area contributed by atoms with E-state index in [1.54, 1.807) is 26.3 Å². The molecule has 1 aromatic heterocycles. The van der Waals surface area contributed by atoms with Crippen molar-refractivity contribution >= 4 is 39.1 Å². The number of rotatable bonds is 1. The Morgan fingerprint density at radius 2 is 2.19 bits per heavy atom. The molecule has 0 saturated carbocycles. The second kappa shape index (κ2) is 4.03. The lowest BCUT2D eigenvalue weighted by atomic mass is 10.2. The van der Waals surface area contributed by atoms with Gasteiger partial charge in [0.2, 0.25) is 0 Å². The quantitative estimate of drug-likeness (QED) is 0.823. The molecule has 1 aromatic carbocycles. The van der Waals surface area contributed by atoms with Crippen molar-refractivity contribution in [2.75, 3.05) is 7.11 Å². The monoisotopic (exact) mass is 300 g/mol. The third-order valence-corrected chi connectivity index (χ3v) is 3.43. The fourth-order valence-electron chi connectivity index (χ4n) is 1.51. The molecule has 0 unspecified atom stereocenters. The fraction of sp³-hybridized carbons (Fsp3) is 0.200. The van der Waals surface area contributed by atoms with Gasteiger partial charge in [0.1, 0.15) is 5.75 Å². The van der Waals surface area contributed by atoms with Gasteiger partial charge in [0.25, 0.3) is 5.56 Å². The third-order valence-electron chi connectivity index (χ3n) is 2.39. The number of methoxy groups -OCH3 is 1. The summed E-state index contributed by atoms with van der Waals surface area (Å²) in [5.74, 6) is 0.599.